The van der Waals surface area contributed by atoms with Gasteiger partial charge in [-0.1, -0.05) is 149 Å². The minimum Gasteiger partial charge on any atom is -0.315 e. The van der Waals surface area contributed by atoms with Crippen molar-refractivity contribution < 1.29 is 4.39 Å². The molecular weight excluding hydrogens is 773 g/mol. The van der Waals surface area contributed by atoms with E-state index in [9.17, 15) is 0 Å². The first-order chi connectivity index (χ1) is 29.9. The van der Waals surface area contributed by atoms with Crippen molar-refractivity contribution in [2.24, 2.45) is 0 Å². The average Bonchev–Trinajstić information content (AvgIpc) is 3.55. The van der Waals surface area contributed by atoms with Gasteiger partial charge in [0.05, 0.1) is 13.8 Å². The van der Waals surface area contributed by atoms with Crippen molar-refractivity contribution in [1.29, 1.82) is 0 Å². The van der Waals surface area contributed by atoms with Crippen molar-refractivity contribution in [3.05, 3.63) is 222 Å². The summed E-state index contributed by atoms with van der Waals surface area (Å²) in [4.78, 5) is 7.08. The summed E-state index contributed by atoms with van der Waals surface area (Å²) in [6, 6.07) is 49.1. The molecule has 0 atom stereocenters. The molecule has 0 amide bonds. The zero-order valence-corrected chi connectivity index (χ0v) is 37.5. The van der Waals surface area contributed by atoms with Crippen LogP contribution in [0.25, 0.3) is 0 Å². The maximum absolute atomic E-state index is 16.2. The molecule has 304 valence electrons. The molecule has 0 N–H and O–H groups in total. The van der Waals surface area contributed by atoms with Gasteiger partial charge >= 0.3 is 0 Å². The second-order valence-electron chi connectivity index (χ2n) is 18.9. The lowest BCUT2D eigenvalue weighted by atomic mass is 9.32. The van der Waals surface area contributed by atoms with Crippen molar-refractivity contribution in [3.63, 3.8) is 0 Å². The van der Waals surface area contributed by atoms with Gasteiger partial charge in [0.15, 0.2) is 0 Å². The van der Waals surface area contributed by atoms with Gasteiger partial charge in [0.25, 0.3) is 6.71 Å². The van der Waals surface area contributed by atoms with Crippen LogP contribution in [0.2, 0.25) is 19.6 Å². The number of fused-ring (bicyclic) bond motifs is 4. The van der Waals surface area contributed by atoms with Gasteiger partial charge in [-0.15, -0.1) is 0 Å². The molecule has 2 aliphatic carbocycles. The number of para-hydroxylation sites is 3. The molecule has 0 spiro atoms. The molecule has 6 aromatic rings. The predicted molar refractivity (Wildman–Crippen MR) is 266 cm³/mol. The molecule has 2 heterocycles. The minimum absolute atomic E-state index is 0.0214. The number of rotatable bonds is 6. The van der Waals surface area contributed by atoms with Gasteiger partial charge in [0, 0.05) is 51.9 Å². The van der Waals surface area contributed by atoms with Crippen molar-refractivity contribution in [1.82, 2.24) is 0 Å². The number of halogens is 1. The Morgan fingerprint density at radius 3 is 1.97 bits per heavy atom. The van der Waals surface area contributed by atoms with E-state index in [2.05, 4.69) is 207 Å². The van der Waals surface area contributed by atoms with E-state index >= 15 is 4.39 Å². The van der Waals surface area contributed by atoms with Crippen molar-refractivity contribution in [3.8, 4) is 0 Å². The molecule has 6 heteroatoms. The van der Waals surface area contributed by atoms with Gasteiger partial charge in [-0.2, -0.15) is 0 Å². The first-order valence-corrected chi connectivity index (χ1v) is 25.2. The fourth-order valence-electron chi connectivity index (χ4n) is 9.64. The van der Waals surface area contributed by atoms with Crippen LogP contribution < -0.4 is 30.8 Å². The Kier molecular flexibility index (Phi) is 9.60. The van der Waals surface area contributed by atoms with E-state index in [1.165, 1.54) is 55.4 Å². The number of benzene rings is 6. The summed E-state index contributed by atoms with van der Waals surface area (Å²) in [7, 11) is -1.91. The van der Waals surface area contributed by atoms with Crippen LogP contribution in [0.3, 0.4) is 0 Å². The molecule has 10 rings (SSSR count). The van der Waals surface area contributed by atoms with Crippen molar-refractivity contribution in [2.45, 2.75) is 52.2 Å². The van der Waals surface area contributed by atoms with Crippen molar-refractivity contribution >= 4 is 76.4 Å². The summed E-state index contributed by atoms with van der Waals surface area (Å²) in [6.07, 6.45) is 13.9. The van der Waals surface area contributed by atoms with E-state index in [4.69, 9.17) is 6.58 Å². The second kappa shape index (κ2) is 15.1. The first-order valence-electron chi connectivity index (χ1n) is 21.7. The van der Waals surface area contributed by atoms with Gasteiger partial charge in [0.2, 0.25) is 0 Å². The van der Waals surface area contributed by atoms with Crippen LogP contribution in [0.15, 0.2) is 210 Å². The highest BCUT2D eigenvalue weighted by Crippen LogP contribution is 2.49. The lowest BCUT2D eigenvalue weighted by Gasteiger charge is -2.46. The standard InChI is InChI=1S/C56H51BFN3Si/c1-38-33-39-19-11-8-12-20-40(39)34-51-54(38)57-47-32-31-45(59(49-26-18-17-25-48(49)58)44-29-27-41(28-30-44)56(2,3)4)35-50(47)60(42-21-13-9-14-22-42)52-36-46(62(5,6)7)37-53(55(52)57)61(51)43-23-15-10-16-24-43/h8-33,35-37H,1,34H2,2-7H3. The zero-order valence-electron chi connectivity index (χ0n) is 36.5. The third kappa shape index (κ3) is 6.74. The van der Waals surface area contributed by atoms with E-state index in [0.29, 0.717) is 5.69 Å². The number of allylic oxidation sites excluding steroid dienone is 10. The zero-order chi connectivity index (χ0) is 42.9. The van der Waals surface area contributed by atoms with E-state index in [0.717, 1.165) is 40.4 Å². The van der Waals surface area contributed by atoms with Crippen LogP contribution in [0.5, 0.6) is 0 Å². The molecule has 2 aliphatic heterocycles. The predicted octanol–water partition coefficient (Wildman–Crippen LogP) is 13.4. The lowest BCUT2D eigenvalue weighted by molar-refractivity contribution is 0.590. The Morgan fingerprint density at radius 2 is 1.31 bits per heavy atom. The Labute approximate surface area is 368 Å². The van der Waals surface area contributed by atoms with Crippen LogP contribution >= 0.6 is 0 Å². The number of hydrogen-bond acceptors (Lipinski definition) is 3. The summed E-state index contributed by atoms with van der Waals surface area (Å²) in [5.41, 5.74) is 17.5. The van der Waals surface area contributed by atoms with Crippen LogP contribution in [0.1, 0.15) is 32.8 Å². The quantitative estimate of drug-likeness (QED) is 0.155. The lowest BCUT2D eigenvalue weighted by Crippen LogP contribution is -2.57. The molecule has 0 saturated heterocycles. The topological polar surface area (TPSA) is 9.72 Å². The normalized spacial score (nSPS) is 15.5. The van der Waals surface area contributed by atoms with Gasteiger partial charge in [-0.25, -0.2) is 4.39 Å². The summed E-state index contributed by atoms with van der Waals surface area (Å²) < 4.78 is 16.2. The molecular formula is C56H51BFN3Si. The molecule has 6 aromatic carbocycles. The molecule has 4 aliphatic rings. The summed E-state index contributed by atoms with van der Waals surface area (Å²) in [6.45, 7) is 18.8. The monoisotopic (exact) mass is 823 g/mol. The van der Waals surface area contributed by atoms with E-state index < -0.39 is 8.07 Å². The fraction of sp³-hybridized carbons (Fsp3) is 0.143. The average molecular weight is 824 g/mol. The number of anilines is 8. The minimum atomic E-state index is -1.91. The second-order valence-corrected chi connectivity index (χ2v) is 24.0. The van der Waals surface area contributed by atoms with E-state index in [1.807, 2.05) is 12.1 Å². The summed E-state index contributed by atoms with van der Waals surface area (Å²) in [5, 5.41) is 1.38. The highest BCUT2D eigenvalue weighted by Gasteiger charge is 2.46. The van der Waals surface area contributed by atoms with Gasteiger partial charge in [-0.05, 0) is 123 Å². The SMILES string of the molecule is C=C1C=C2C=CC=CC=C2CC2=C1B1c3ccc(N(c4ccc(C(C)(C)C)cc4)c4ccccc4F)cc3N(c3ccccc3)c3cc([Si](C)(C)C)cc(c31)N2c1ccccc1. The van der Waals surface area contributed by atoms with Crippen LogP contribution in [-0.4, -0.2) is 14.8 Å². The Balaban J connectivity index is 1.29. The molecule has 0 aromatic heterocycles. The van der Waals surface area contributed by atoms with Gasteiger partial charge < -0.3 is 14.7 Å². The third-order valence-electron chi connectivity index (χ3n) is 12.8. The van der Waals surface area contributed by atoms with E-state index in [1.54, 1.807) is 12.1 Å². The number of nitrogens with zero attached hydrogens (tertiary/aromatic N) is 3. The van der Waals surface area contributed by atoms with Crippen molar-refractivity contribution in [2.75, 3.05) is 14.7 Å². The highest BCUT2D eigenvalue weighted by molar-refractivity contribution is 6.96. The van der Waals surface area contributed by atoms with E-state index in [-0.39, 0.29) is 17.9 Å². The summed E-state index contributed by atoms with van der Waals surface area (Å²) in [5.74, 6) is -0.277. The molecule has 0 fully saturated rings. The Morgan fingerprint density at radius 1 is 0.677 bits per heavy atom. The highest BCUT2D eigenvalue weighted by atomic mass is 28.3. The fourth-order valence-corrected chi connectivity index (χ4v) is 10.8. The maximum Gasteiger partial charge on any atom is 0.252 e. The molecule has 0 radical (unpaired) electrons. The molecule has 0 bridgehead atoms. The molecule has 0 unspecified atom stereocenters. The van der Waals surface area contributed by atoms with Crippen LogP contribution in [-0.2, 0) is 5.41 Å². The summed E-state index contributed by atoms with van der Waals surface area (Å²) >= 11 is 0. The van der Waals surface area contributed by atoms with Gasteiger partial charge in [0.1, 0.15) is 5.82 Å². The third-order valence-corrected chi connectivity index (χ3v) is 14.8. The van der Waals surface area contributed by atoms with Gasteiger partial charge in [-0.3, -0.25) is 0 Å². The maximum atomic E-state index is 16.2. The van der Waals surface area contributed by atoms with Crippen LogP contribution in [0, 0.1) is 5.82 Å². The Bertz CT molecular complexity index is 2930. The smallest absolute Gasteiger partial charge is 0.252 e. The molecule has 3 nitrogen and oxygen atoms in total. The Hall–Kier alpha value is -6.63. The first kappa shape index (κ1) is 39.5. The largest absolute Gasteiger partial charge is 0.315 e. The number of hydrogen-bond donors (Lipinski definition) is 0. The molecule has 0 saturated carbocycles. The van der Waals surface area contributed by atoms with Crippen LogP contribution in [0.4, 0.5) is 49.9 Å². The molecule has 62 heavy (non-hydrogen) atoms.